The Morgan fingerprint density at radius 2 is 2.28 bits per heavy atom. The monoisotopic (exact) mass is 338 g/mol. The molecule has 1 aromatic heterocycles. The van der Waals surface area contributed by atoms with Gasteiger partial charge in [-0.05, 0) is 37.6 Å². The van der Waals surface area contributed by atoms with Gasteiger partial charge in [-0.1, -0.05) is 6.07 Å². The molecule has 0 spiro atoms. The van der Waals surface area contributed by atoms with Crippen LogP contribution >= 0.6 is 0 Å². The summed E-state index contributed by atoms with van der Waals surface area (Å²) in [5.41, 5.74) is 3.89. The first-order chi connectivity index (χ1) is 12.2. The Morgan fingerprint density at radius 3 is 3.16 bits per heavy atom. The molecule has 1 unspecified atom stereocenters. The number of pyridine rings is 1. The quantitative estimate of drug-likeness (QED) is 0.853. The van der Waals surface area contributed by atoms with Gasteiger partial charge in [0.25, 0.3) is 0 Å². The molecule has 1 saturated heterocycles. The number of carbonyl (C=O) groups is 1. The van der Waals surface area contributed by atoms with Crippen LogP contribution in [0.2, 0.25) is 0 Å². The van der Waals surface area contributed by atoms with Crippen molar-refractivity contribution < 1.29 is 9.53 Å². The molecule has 1 aromatic carbocycles. The standard InChI is InChI=1S/C19H22N4O2/c1-14-11-22(8-3-9-25-14)16-5-6-17-18(10-16)23(13-24)12-15-4-2-7-20-19(15)21-17/h2,4-7,10,13-14H,3,8-9,11-12H2,1H3,(H,20,21). The Bertz CT molecular complexity index is 780. The summed E-state index contributed by atoms with van der Waals surface area (Å²) in [5.74, 6) is 0.803. The SMILES string of the molecule is CC1CN(c2ccc3c(c2)N(C=O)Cc2cccnc2N3)CCCO1. The van der Waals surface area contributed by atoms with Gasteiger partial charge in [-0.25, -0.2) is 4.98 Å². The summed E-state index contributed by atoms with van der Waals surface area (Å²) in [6, 6.07) is 10.1. The van der Waals surface area contributed by atoms with Gasteiger partial charge < -0.3 is 19.9 Å². The minimum Gasteiger partial charge on any atom is -0.377 e. The Hall–Kier alpha value is -2.60. The minimum atomic E-state index is 0.204. The predicted octanol–water partition coefficient (Wildman–Crippen LogP) is 2.92. The zero-order valence-electron chi connectivity index (χ0n) is 14.3. The number of anilines is 4. The third-order valence-corrected chi connectivity index (χ3v) is 4.72. The molecule has 0 aliphatic carbocycles. The molecule has 6 heteroatoms. The van der Waals surface area contributed by atoms with Crippen LogP contribution in [0.3, 0.4) is 0 Å². The fourth-order valence-corrected chi connectivity index (χ4v) is 3.46. The highest BCUT2D eigenvalue weighted by molar-refractivity contribution is 5.89. The highest BCUT2D eigenvalue weighted by atomic mass is 16.5. The van der Waals surface area contributed by atoms with Crippen LogP contribution in [0.5, 0.6) is 0 Å². The second-order valence-electron chi connectivity index (χ2n) is 6.55. The molecule has 1 atom stereocenters. The van der Waals surface area contributed by atoms with Gasteiger partial charge in [-0.15, -0.1) is 0 Å². The van der Waals surface area contributed by atoms with E-state index in [1.54, 1.807) is 11.1 Å². The third kappa shape index (κ3) is 3.17. The summed E-state index contributed by atoms with van der Waals surface area (Å²) < 4.78 is 5.74. The highest BCUT2D eigenvalue weighted by Gasteiger charge is 2.22. The first-order valence-corrected chi connectivity index (χ1v) is 8.68. The maximum atomic E-state index is 11.7. The Balaban J connectivity index is 1.70. The van der Waals surface area contributed by atoms with E-state index in [0.29, 0.717) is 6.54 Å². The molecule has 25 heavy (non-hydrogen) atoms. The Labute approximate surface area is 147 Å². The summed E-state index contributed by atoms with van der Waals surface area (Å²) in [6.45, 7) is 5.22. The topological polar surface area (TPSA) is 57.7 Å². The van der Waals surface area contributed by atoms with Crippen molar-refractivity contribution >= 4 is 29.3 Å². The Kier molecular flexibility index (Phi) is 4.28. The van der Waals surface area contributed by atoms with Crippen LogP contribution in [0.15, 0.2) is 36.5 Å². The first-order valence-electron chi connectivity index (χ1n) is 8.68. The molecule has 2 aliphatic rings. The van der Waals surface area contributed by atoms with Gasteiger partial charge in [0.15, 0.2) is 0 Å². The normalized spacial score (nSPS) is 20.0. The average molecular weight is 338 g/mol. The zero-order chi connectivity index (χ0) is 17.2. The van der Waals surface area contributed by atoms with Crippen molar-refractivity contribution in [2.45, 2.75) is 26.0 Å². The number of fused-ring (bicyclic) bond motifs is 2. The van der Waals surface area contributed by atoms with Gasteiger partial charge >= 0.3 is 0 Å². The predicted molar refractivity (Wildman–Crippen MR) is 98.5 cm³/mol. The number of rotatable bonds is 2. The molecular formula is C19H22N4O2. The lowest BCUT2D eigenvalue weighted by atomic mass is 10.2. The lowest BCUT2D eigenvalue weighted by Gasteiger charge is -2.26. The molecule has 1 amide bonds. The smallest absolute Gasteiger partial charge is 0.214 e. The number of aromatic nitrogens is 1. The summed E-state index contributed by atoms with van der Waals surface area (Å²) in [6.07, 6.45) is 3.86. The fourth-order valence-electron chi connectivity index (χ4n) is 3.46. The zero-order valence-corrected chi connectivity index (χ0v) is 14.3. The second-order valence-corrected chi connectivity index (χ2v) is 6.55. The maximum absolute atomic E-state index is 11.7. The summed E-state index contributed by atoms with van der Waals surface area (Å²) in [4.78, 5) is 20.2. The van der Waals surface area contributed by atoms with Crippen molar-refractivity contribution in [3.8, 4) is 0 Å². The van der Waals surface area contributed by atoms with Gasteiger partial charge in [0.1, 0.15) is 5.82 Å². The number of carbonyl (C=O) groups excluding carboxylic acids is 1. The Morgan fingerprint density at radius 1 is 1.36 bits per heavy atom. The van der Waals surface area contributed by atoms with Crippen LogP contribution in [0, 0.1) is 0 Å². The molecule has 0 bridgehead atoms. The molecular weight excluding hydrogens is 316 g/mol. The van der Waals surface area contributed by atoms with Crippen LogP contribution in [-0.2, 0) is 16.1 Å². The first kappa shape index (κ1) is 15.9. The minimum absolute atomic E-state index is 0.204. The lowest BCUT2D eigenvalue weighted by Crippen LogP contribution is -2.30. The highest BCUT2D eigenvalue weighted by Crippen LogP contribution is 2.37. The van der Waals surface area contributed by atoms with Crippen LogP contribution in [0.4, 0.5) is 22.9 Å². The van der Waals surface area contributed by atoms with Crippen LogP contribution in [-0.4, -0.2) is 37.2 Å². The lowest BCUT2D eigenvalue weighted by molar-refractivity contribution is -0.107. The number of hydrogen-bond donors (Lipinski definition) is 1. The molecule has 130 valence electrons. The van der Waals surface area contributed by atoms with Gasteiger partial charge in [-0.3, -0.25) is 4.79 Å². The van der Waals surface area contributed by atoms with Crippen LogP contribution in [0.1, 0.15) is 18.9 Å². The molecule has 0 saturated carbocycles. The largest absolute Gasteiger partial charge is 0.377 e. The van der Waals surface area contributed by atoms with E-state index in [1.165, 1.54) is 0 Å². The van der Waals surface area contributed by atoms with Crippen molar-refractivity contribution in [2.24, 2.45) is 0 Å². The average Bonchev–Trinajstić information content (AvgIpc) is 2.94. The van der Waals surface area contributed by atoms with Crippen molar-refractivity contribution in [1.29, 1.82) is 0 Å². The molecule has 1 N–H and O–H groups in total. The fraction of sp³-hybridized carbons (Fsp3) is 0.368. The summed E-state index contributed by atoms with van der Waals surface area (Å²) >= 11 is 0. The third-order valence-electron chi connectivity index (χ3n) is 4.72. The molecule has 4 rings (SSSR count). The van der Waals surface area contributed by atoms with E-state index >= 15 is 0 Å². The van der Waals surface area contributed by atoms with Crippen molar-refractivity contribution in [1.82, 2.24) is 4.98 Å². The van der Waals surface area contributed by atoms with Crippen LogP contribution < -0.4 is 15.1 Å². The summed E-state index contributed by atoms with van der Waals surface area (Å²) in [5, 5.41) is 3.36. The number of nitrogens with one attached hydrogen (secondary N) is 1. The van der Waals surface area contributed by atoms with E-state index in [9.17, 15) is 4.79 Å². The van der Waals surface area contributed by atoms with Crippen LogP contribution in [0.25, 0.3) is 0 Å². The molecule has 2 aliphatic heterocycles. The molecule has 2 aromatic rings. The van der Waals surface area contributed by atoms with E-state index in [-0.39, 0.29) is 6.10 Å². The van der Waals surface area contributed by atoms with E-state index in [0.717, 1.165) is 61.0 Å². The molecule has 6 nitrogen and oxygen atoms in total. The van der Waals surface area contributed by atoms with Gasteiger partial charge in [0, 0.05) is 37.1 Å². The maximum Gasteiger partial charge on any atom is 0.214 e. The van der Waals surface area contributed by atoms with Gasteiger partial charge in [0.2, 0.25) is 6.41 Å². The molecule has 3 heterocycles. The van der Waals surface area contributed by atoms with E-state index < -0.39 is 0 Å². The molecule has 1 fully saturated rings. The van der Waals surface area contributed by atoms with E-state index in [4.69, 9.17) is 4.74 Å². The number of amides is 1. The number of nitrogens with zero attached hydrogens (tertiary/aromatic N) is 3. The van der Waals surface area contributed by atoms with Gasteiger partial charge in [-0.2, -0.15) is 0 Å². The van der Waals surface area contributed by atoms with Gasteiger partial charge in [0.05, 0.1) is 24.0 Å². The molecule has 0 radical (unpaired) electrons. The van der Waals surface area contributed by atoms with Crippen molar-refractivity contribution in [2.75, 3.05) is 34.8 Å². The number of hydrogen-bond acceptors (Lipinski definition) is 5. The van der Waals surface area contributed by atoms with Crippen molar-refractivity contribution in [3.05, 3.63) is 42.1 Å². The number of benzene rings is 1. The van der Waals surface area contributed by atoms with E-state index in [1.807, 2.05) is 18.2 Å². The summed E-state index contributed by atoms with van der Waals surface area (Å²) in [7, 11) is 0. The van der Waals surface area contributed by atoms with Crippen molar-refractivity contribution in [3.63, 3.8) is 0 Å². The van der Waals surface area contributed by atoms with E-state index in [2.05, 4.69) is 34.3 Å². The number of ether oxygens (including phenoxy) is 1. The second kappa shape index (κ2) is 6.72.